The van der Waals surface area contributed by atoms with Gasteiger partial charge in [0.05, 0.1) is 55.2 Å². The Morgan fingerprint density at radius 1 is 0.231 bits per heavy atom. The third kappa shape index (κ3) is 10.6. The van der Waals surface area contributed by atoms with E-state index in [9.17, 15) is 0 Å². The molecule has 0 saturated heterocycles. The normalized spacial score (nSPS) is 12.1. The molecule has 20 aromatic carbocycles. The van der Waals surface area contributed by atoms with Gasteiger partial charge in [0.15, 0.2) is 11.6 Å². The summed E-state index contributed by atoms with van der Waals surface area (Å²) in [5.74, 6) is 1.61. The first-order valence-corrected chi connectivity index (χ1v) is 40.3. The first-order chi connectivity index (χ1) is 57.9. The Morgan fingerprint density at radius 3 is 1.20 bits per heavy atom. The molecular formula is C109H66ClN7. The lowest BCUT2D eigenvalue weighted by Gasteiger charge is -2.15. The monoisotopic (exact) mass is 1510 g/mol. The average Bonchev–Trinajstić information content (AvgIpc) is 1.57. The maximum Gasteiger partial charge on any atom is 0.165 e. The van der Waals surface area contributed by atoms with Crippen molar-refractivity contribution in [2.75, 3.05) is 0 Å². The van der Waals surface area contributed by atoms with E-state index in [0.29, 0.717) is 5.02 Å². The van der Waals surface area contributed by atoms with Crippen molar-refractivity contribution < 1.29 is 0 Å². The van der Waals surface area contributed by atoms with Crippen molar-refractivity contribution in [2.24, 2.45) is 0 Å². The van der Waals surface area contributed by atoms with Crippen LogP contribution in [0.25, 0.3) is 225 Å². The molecule has 0 N–H and O–H groups in total. The van der Waals surface area contributed by atoms with Crippen LogP contribution in [-0.4, -0.2) is 33.6 Å². The van der Waals surface area contributed by atoms with Gasteiger partial charge in [-0.2, -0.15) is 0 Å². The summed E-state index contributed by atoms with van der Waals surface area (Å²) in [6.07, 6.45) is 1.08. The summed E-state index contributed by atoms with van der Waals surface area (Å²) in [5, 5.41) is 27.6. The molecule has 0 aliphatic heterocycles. The average molecular weight is 1510 g/mol. The second kappa shape index (κ2) is 26.5. The zero-order valence-electron chi connectivity index (χ0n) is 63.2. The minimum absolute atomic E-state index is 0.709. The fourth-order valence-corrected chi connectivity index (χ4v) is 19.2. The Bertz CT molecular complexity index is 8540. The van der Waals surface area contributed by atoms with Crippen LogP contribution in [0.4, 0.5) is 0 Å². The number of hydrogen-bond acceptors (Lipinski definition) is 4. The highest BCUT2D eigenvalue weighted by atomic mass is 35.5. The molecule has 5 heterocycles. The number of fused-ring (bicyclic) bond motifs is 28. The first-order valence-electron chi connectivity index (χ1n) is 39.9. The molecule has 117 heavy (non-hydrogen) atoms. The van der Waals surface area contributed by atoms with Crippen molar-refractivity contribution in [2.45, 2.75) is 6.42 Å². The zero-order valence-corrected chi connectivity index (χ0v) is 63.9. The number of halogens is 1. The minimum Gasteiger partial charge on any atom is -0.309 e. The van der Waals surface area contributed by atoms with Gasteiger partial charge in [-0.25, -0.2) is 19.9 Å². The molecule has 26 rings (SSSR count). The van der Waals surface area contributed by atoms with Crippen molar-refractivity contribution in [3.05, 3.63) is 404 Å². The molecule has 8 heteroatoms. The Hall–Kier alpha value is -15.2. The number of aromatic nitrogens is 7. The Balaban J connectivity index is 0.000000115. The lowest BCUT2D eigenvalue weighted by Crippen LogP contribution is -2.04. The predicted octanol–water partition coefficient (Wildman–Crippen LogP) is 29.0. The molecule has 0 amide bonds. The molecular weight excluding hydrogens is 1440 g/mol. The second-order valence-electron chi connectivity index (χ2n) is 30.8. The van der Waals surface area contributed by atoms with Crippen molar-refractivity contribution in [1.82, 2.24) is 33.6 Å². The summed E-state index contributed by atoms with van der Waals surface area (Å²) in [5.41, 5.74) is 20.8. The van der Waals surface area contributed by atoms with E-state index < -0.39 is 0 Å². The number of benzene rings is 20. The highest BCUT2D eigenvalue weighted by molar-refractivity contribution is 6.33. The summed E-state index contributed by atoms with van der Waals surface area (Å²) < 4.78 is 7.06. The van der Waals surface area contributed by atoms with E-state index in [4.69, 9.17) is 31.5 Å². The van der Waals surface area contributed by atoms with E-state index in [0.717, 1.165) is 101 Å². The molecule has 0 unspecified atom stereocenters. The van der Waals surface area contributed by atoms with Crippen molar-refractivity contribution in [1.29, 1.82) is 0 Å². The summed E-state index contributed by atoms with van der Waals surface area (Å²) in [7, 11) is 0. The van der Waals surface area contributed by atoms with Gasteiger partial charge in [0, 0.05) is 59.5 Å². The molecule has 5 aromatic heterocycles. The van der Waals surface area contributed by atoms with Crippen LogP contribution in [0.1, 0.15) is 11.1 Å². The second-order valence-corrected chi connectivity index (χ2v) is 31.2. The van der Waals surface area contributed by atoms with Crippen molar-refractivity contribution in [3.8, 4) is 51.0 Å². The topological polar surface area (TPSA) is 66.3 Å². The van der Waals surface area contributed by atoms with E-state index >= 15 is 0 Å². The van der Waals surface area contributed by atoms with E-state index in [1.165, 1.54) is 141 Å². The SMILES string of the molecule is Clc1ccc2c(c1)c1c3ccccc3ccc1n2-c1nc2ccccc2nc1-c1ccc2c(ccc3ccccc32)c1.c1ccc2c(c1)Cc1c-2ccc2ccccc12.c1ccc2c(c1)ccc1cc(-c3nc4ccccc4nc3-n3c4ccc(-n5c6ccccc6c6ccc7ccccc7c65)cc4c4c5ccccc5ccc43)ccc12. The summed E-state index contributed by atoms with van der Waals surface area (Å²) in [6.45, 7) is 0. The molecule has 0 atom stereocenters. The van der Waals surface area contributed by atoms with Crippen LogP contribution in [-0.2, 0) is 6.42 Å². The van der Waals surface area contributed by atoms with E-state index in [1.54, 1.807) is 0 Å². The lowest BCUT2D eigenvalue weighted by atomic mass is 9.99. The maximum atomic E-state index is 6.59. The quantitative estimate of drug-likeness (QED) is 0.161. The molecule has 1 aliphatic rings. The van der Waals surface area contributed by atoms with Gasteiger partial charge < -0.3 is 4.57 Å². The minimum atomic E-state index is 0.709. The van der Waals surface area contributed by atoms with Crippen molar-refractivity contribution in [3.63, 3.8) is 0 Å². The van der Waals surface area contributed by atoms with Crippen LogP contribution in [0.2, 0.25) is 5.02 Å². The highest BCUT2D eigenvalue weighted by Gasteiger charge is 2.26. The Labute approximate surface area is 676 Å². The molecule has 1 aliphatic carbocycles. The first kappa shape index (κ1) is 66.5. The molecule has 25 aromatic rings. The smallest absolute Gasteiger partial charge is 0.165 e. The molecule has 0 bridgehead atoms. The maximum absolute atomic E-state index is 6.59. The molecule has 0 radical (unpaired) electrons. The van der Waals surface area contributed by atoms with Crippen molar-refractivity contribution >= 4 is 185 Å². The summed E-state index contributed by atoms with van der Waals surface area (Å²) >= 11 is 6.59. The highest BCUT2D eigenvalue weighted by Crippen LogP contribution is 2.47. The van der Waals surface area contributed by atoms with Gasteiger partial charge in [-0.15, -0.1) is 0 Å². The van der Waals surface area contributed by atoms with Crippen LogP contribution >= 0.6 is 11.6 Å². The van der Waals surface area contributed by atoms with Gasteiger partial charge in [0.25, 0.3) is 0 Å². The van der Waals surface area contributed by atoms with Gasteiger partial charge in [-0.05, 0) is 200 Å². The van der Waals surface area contributed by atoms with Gasteiger partial charge in [0.1, 0.15) is 11.4 Å². The van der Waals surface area contributed by atoms with E-state index in [2.05, 4.69) is 359 Å². The molecule has 0 saturated carbocycles. The number of hydrogen-bond donors (Lipinski definition) is 0. The predicted molar refractivity (Wildman–Crippen MR) is 493 cm³/mol. The number of rotatable bonds is 5. The van der Waals surface area contributed by atoms with E-state index in [1.807, 2.05) is 42.5 Å². The molecule has 7 nitrogen and oxygen atoms in total. The third-order valence-electron chi connectivity index (χ3n) is 24.4. The lowest BCUT2D eigenvalue weighted by molar-refractivity contribution is 1.08. The molecule has 0 spiro atoms. The number of nitrogens with zero attached hydrogens (tertiary/aromatic N) is 7. The molecule has 544 valence electrons. The van der Waals surface area contributed by atoms with Gasteiger partial charge >= 0.3 is 0 Å². The van der Waals surface area contributed by atoms with Crippen LogP contribution < -0.4 is 0 Å². The number of para-hydroxylation sites is 5. The third-order valence-corrected chi connectivity index (χ3v) is 24.6. The van der Waals surface area contributed by atoms with Gasteiger partial charge in [-0.3, -0.25) is 9.13 Å². The Kier molecular flexibility index (Phi) is 15.0. The summed E-state index contributed by atoms with van der Waals surface area (Å²) in [6, 6.07) is 139. The van der Waals surface area contributed by atoms with Crippen LogP contribution in [0.3, 0.4) is 0 Å². The standard InChI is InChI=1S/C54H32N4.C38H22ClN3.C17H12/c1-4-14-39-33(11-1)21-22-36-31-37(24-27-40(36)39)52-54(56-47-19-9-8-18-46(47)55-52)58-49-30-26-38(32-45(49)51-41-15-5-2-12-34(41)25-29-50(51)58)57-48-20-10-7-17-43(48)44-28-23-35-13-3-6-16-42(35)53(44)57;39-27-17-20-34-31(22-27)36-30-10-4-2-8-24(30)16-19-35(36)42(34)38-37(40-32-11-5-6-12-33(32)41-38)26-15-18-29-25(21-26)14-13-23-7-1-3-9-28(23)29;1-3-7-14-12(5-1)9-10-16-15-8-4-2-6-13(15)11-17(14)16/h1-32H;1-22H;1-10H,11H2. The van der Waals surface area contributed by atoms with Gasteiger partial charge in [-0.1, -0.05) is 309 Å². The van der Waals surface area contributed by atoms with Gasteiger partial charge in [0.2, 0.25) is 0 Å². The molecule has 0 fully saturated rings. The van der Waals surface area contributed by atoms with Crippen LogP contribution in [0.15, 0.2) is 388 Å². The largest absolute Gasteiger partial charge is 0.309 e. The van der Waals surface area contributed by atoms with Crippen LogP contribution in [0.5, 0.6) is 0 Å². The zero-order chi connectivity index (χ0) is 76.9. The Morgan fingerprint density at radius 2 is 0.615 bits per heavy atom. The fraction of sp³-hybridized carbons (Fsp3) is 0.00917. The van der Waals surface area contributed by atoms with E-state index in [-0.39, 0.29) is 0 Å². The fourth-order valence-electron chi connectivity index (χ4n) is 19.0. The summed E-state index contributed by atoms with van der Waals surface area (Å²) in [4.78, 5) is 21.5. The van der Waals surface area contributed by atoms with Crippen LogP contribution in [0, 0.1) is 0 Å².